The van der Waals surface area contributed by atoms with Gasteiger partial charge in [0.15, 0.2) is 0 Å². The van der Waals surface area contributed by atoms with Gasteiger partial charge in [-0.25, -0.2) is 10.0 Å². The number of hydrogen-bond acceptors (Lipinski definition) is 8. The van der Waals surface area contributed by atoms with Gasteiger partial charge in [0.05, 0.1) is 25.3 Å². The van der Waals surface area contributed by atoms with E-state index in [1.165, 1.54) is 0 Å². The van der Waals surface area contributed by atoms with Crippen molar-refractivity contribution < 1.29 is 28.7 Å². The van der Waals surface area contributed by atoms with Crippen LogP contribution in [0.2, 0.25) is 0 Å². The molecule has 2 aliphatic heterocycles. The zero-order valence-corrected chi connectivity index (χ0v) is 28.1. The molecule has 2 aliphatic rings. The van der Waals surface area contributed by atoms with Gasteiger partial charge in [0.2, 0.25) is 11.8 Å². The first-order chi connectivity index (χ1) is 22.2. The molecule has 46 heavy (non-hydrogen) atoms. The number of amides is 2. The van der Waals surface area contributed by atoms with Gasteiger partial charge in [-0.2, -0.15) is 0 Å². The van der Waals surface area contributed by atoms with Gasteiger partial charge in [-0.1, -0.05) is 86.3 Å². The zero-order valence-electron chi connectivity index (χ0n) is 28.1. The Morgan fingerprint density at radius 1 is 0.609 bits per heavy atom. The van der Waals surface area contributed by atoms with Crippen molar-refractivity contribution in [2.45, 2.75) is 91.4 Å². The van der Waals surface area contributed by atoms with Gasteiger partial charge in [0.25, 0.3) is 0 Å². The maximum Gasteiger partial charge on any atom is 0.313 e. The van der Waals surface area contributed by atoms with Gasteiger partial charge in [-0.15, -0.1) is 0 Å². The molecule has 0 spiro atoms. The Morgan fingerprint density at radius 2 is 0.957 bits per heavy atom. The van der Waals surface area contributed by atoms with Crippen molar-refractivity contribution in [3.05, 3.63) is 70.8 Å². The summed E-state index contributed by atoms with van der Waals surface area (Å²) in [6.07, 6.45) is 3.06. The molecule has 0 saturated carbocycles. The van der Waals surface area contributed by atoms with E-state index in [9.17, 15) is 19.2 Å². The average Bonchev–Trinajstić information content (AvgIpc) is 3.55. The lowest BCUT2D eigenvalue weighted by molar-refractivity contribution is -0.155. The molecule has 250 valence electrons. The quantitative estimate of drug-likeness (QED) is 0.230. The summed E-state index contributed by atoms with van der Waals surface area (Å²) in [6, 6.07) is 11.8. The van der Waals surface area contributed by atoms with Crippen LogP contribution in [0.1, 0.15) is 87.7 Å². The molecule has 0 aliphatic carbocycles. The number of nitrogens with one attached hydrogen (secondary N) is 2. The fourth-order valence-electron chi connectivity index (χ4n) is 6.64. The number of hydrazine groups is 1. The fraction of sp³-hybridized carbons (Fsp3) is 0.556. The fourth-order valence-corrected chi connectivity index (χ4v) is 6.64. The first kappa shape index (κ1) is 35.1. The molecule has 4 rings (SSSR count). The molecule has 2 saturated heterocycles. The maximum atomic E-state index is 14.2. The van der Waals surface area contributed by atoms with Crippen molar-refractivity contribution in [2.75, 3.05) is 26.3 Å². The third-order valence-corrected chi connectivity index (χ3v) is 8.87. The summed E-state index contributed by atoms with van der Waals surface area (Å²) in [5.74, 6) is -3.72. The van der Waals surface area contributed by atoms with Crippen LogP contribution in [0.5, 0.6) is 0 Å². The molecular weight excluding hydrogens is 584 g/mol. The van der Waals surface area contributed by atoms with Crippen molar-refractivity contribution in [1.82, 2.24) is 20.7 Å². The molecule has 10 nitrogen and oxygen atoms in total. The maximum absolute atomic E-state index is 14.2. The van der Waals surface area contributed by atoms with Gasteiger partial charge < -0.3 is 20.1 Å². The summed E-state index contributed by atoms with van der Waals surface area (Å²) in [5, 5.41) is 9.51. The molecule has 0 radical (unpaired) electrons. The van der Waals surface area contributed by atoms with Crippen molar-refractivity contribution in [1.29, 1.82) is 0 Å². The number of esters is 2. The van der Waals surface area contributed by atoms with Gasteiger partial charge >= 0.3 is 11.9 Å². The van der Waals surface area contributed by atoms with Gasteiger partial charge in [-0.05, 0) is 51.7 Å². The highest BCUT2D eigenvalue weighted by Crippen LogP contribution is 2.55. The smallest absolute Gasteiger partial charge is 0.313 e. The van der Waals surface area contributed by atoms with Gasteiger partial charge in [-0.3, -0.25) is 19.2 Å². The van der Waals surface area contributed by atoms with Gasteiger partial charge in [0.1, 0.15) is 23.9 Å². The van der Waals surface area contributed by atoms with Crippen LogP contribution in [0.15, 0.2) is 48.5 Å². The van der Waals surface area contributed by atoms with E-state index in [2.05, 4.69) is 10.6 Å². The second-order valence-electron chi connectivity index (χ2n) is 12.2. The molecule has 2 heterocycles. The number of fused-ring (bicyclic) bond motifs is 1. The van der Waals surface area contributed by atoms with E-state index >= 15 is 0 Å². The minimum Gasteiger partial charge on any atom is -0.465 e. The molecule has 10 heteroatoms. The van der Waals surface area contributed by atoms with Crippen molar-refractivity contribution in [2.24, 2.45) is 11.8 Å². The van der Waals surface area contributed by atoms with E-state index in [0.29, 0.717) is 25.9 Å². The SMILES string of the molecule is CCCCOC(=O)[C@H]1[C@@H](c2ccc(C)cc2)N2[C@@H](C(=O)NCC)[C@@H](C(=O)OCCCC)[C@@H](c3ccc(C)cc3)N2[C@H]1C(=O)NCC. The lowest BCUT2D eigenvalue weighted by atomic mass is 9.81. The third-order valence-electron chi connectivity index (χ3n) is 8.87. The molecule has 2 aromatic rings. The summed E-state index contributed by atoms with van der Waals surface area (Å²) in [7, 11) is 0. The van der Waals surface area contributed by atoms with E-state index in [0.717, 1.165) is 35.1 Å². The van der Waals surface area contributed by atoms with Crippen LogP contribution in [0.25, 0.3) is 0 Å². The van der Waals surface area contributed by atoms with Crippen LogP contribution in [0, 0.1) is 25.7 Å². The Morgan fingerprint density at radius 3 is 1.26 bits per heavy atom. The number of carbonyl (C=O) groups excluding carboxylic acids is 4. The number of rotatable bonds is 14. The predicted molar refractivity (Wildman–Crippen MR) is 175 cm³/mol. The van der Waals surface area contributed by atoms with Crippen LogP contribution >= 0.6 is 0 Å². The van der Waals surface area contributed by atoms with E-state index in [1.807, 2.05) is 100 Å². The Labute approximate surface area is 273 Å². The number of likely N-dealkylation sites (N-methyl/N-ethyl adjacent to an activating group) is 2. The number of carbonyl (C=O) groups is 4. The summed E-state index contributed by atoms with van der Waals surface area (Å²) in [4.78, 5) is 56.7. The summed E-state index contributed by atoms with van der Waals surface area (Å²) in [5.41, 5.74) is 3.55. The van der Waals surface area contributed by atoms with Crippen LogP contribution in [0.3, 0.4) is 0 Å². The normalized spacial score (nSPS) is 24.3. The first-order valence-electron chi connectivity index (χ1n) is 16.8. The molecule has 2 amide bonds. The third kappa shape index (κ3) is 7.28. The molecule has 0 bridgehead atoms. The monoisotopic (exact) mass is 634 g/mol. The van der Waals surface area contributed by atoms with Crippen LogP contribution in [-0.4, -0.2) is 72.2 Å². The van der Waals surface area contributed by atoms with Crippen LogP contribution < -0.4 is 10.6 Å². The topological polar surface area (TPSA) is 117 Å². The largest absolute Gasteiger partial charge is 0.465 e. The van der Waals surface area contributed by atoms with Crippen molar-refractivity contribution >= 4 is 23.8 Å². The Kier molecular flexibility index (Phi) is 12.3. The Hall–Kier alpha value is -3.76. The van der Waals surface area contributed by atoms with E-state index < -0.39 is 47.9 Å². The van der Waals surface area contributed by atoms with E-state index in [4.69, 9.17) is 9.47 Å². The predicted octanol–water partition coefficient (Wildman–Crippen LogP) is 4.56. The second kappa shape index (κ2) is 16.2. The highest BCUT2D eigenvalue weighted by atomic mass is 16.5. The number of benzene rings is 2. The first-order valence-corrected chi connectivity index (χ1v) is 16.8. The number of nitrogens with zero attached hydrogens (tertiary/aromatic N) is 2. The molecule has 2 N–H and O–H groups in total. The minimum absolute atomic E-state index is 0.224. The Bertz CT molecular complexity index is 1240. The number of unbranched alkanes of at least 4 members (excludes halogenated alkanes) is 2. The molecule has 2 fully saturated rings. The minimum atomic E-state index is -1.06. The summed E-state index contributed by atoms with van der Waals surface area (Å²) in [6.45, 7) is 12.8. The van der Waals surface area contributed by atoms with Crippen LogP contribution in [0.4, 0.5) is 0 Å². The average molecular weight is 635 g/mol. The second-order valence-corrected chi connectivity index (χ2v) is 12.2. The van der Waals surface area contributed by atoms with Crippen LogP contribution in [-0.2, 0) is 28.7 Å². The van der Waals surface area contributed by atoms with E-state index in [1.54, 1.807) is 0 Å². The molecule has 6 atom stereocenters. The molecular formula is C36H50N4O6. The van der Waals surface area contributed by atoms with Crippen molar-refractivity contribution in [3.8, 4) is 0 Å². The number of ether oxygens (including phenoxy) is 2. The number of aryl methyl sites for hydroxylation is 2. The molecule has 2 aromatic carbocycles. The highest BCUT2D eigenvalue weighted by molar-refractivity contribution is 5.93. The number of hydrogen-bond donors (Lipinski definition) is 2. The lowest BCUT2D eigenvalue weighted by Crippen LogP contribution is -2.51. The summed E-state index contributed by atoms with van der Waals surface area (Å²) < 4.78 is 11.7. The van der Waals surface area contributed by atoms with Gasteiger partial charge in [0, 0.05) is 13.1 Å². The van der Waals surface area contributed by atoms with E-state index in [-0.39, 0.29) is 25.0 Å². The standard InChI is InChI=1S/C36H50N4O6/c1-7-11-21-45-35(43)27-29(25-17-13-23(5)14-18-25)39-32(34(42)38-10-4)28(36(44)46-22-12-8-2)30(26-19-15-24(6)16-20-26)40(39)31(27)33(41)37-9-3/h13-20,27-32H,7-12,21-22H2,1-6H3,(H,37,41)(H,38,42)/t27-,28-,29+,30+,31+,32+/m0/s1. The van der Waals surface area contributed by atoms with Crippen molar-refractivity contribution in [3.63, 3.8) is 0 Å². The molecule has 0 aromatic heterocycles. The summed E-state index contributed by atoms with van der Waals surface area (Å²) >= 11 is 0. The highest BCUT2D eigenvalue weighted by Gasteiger charge is 2.68. The molecule has 0 unspecified atom stereocenters. The zero-order chi connectivity index (χ0) is 33.4. The Balaban J connectivity index is 2.00. The lowest BCUT2D eigenvalue weighted by Gasteiger charge is -2.33.